The molecule has 3 aromatic rings. The summed E-state index contributed by atoms with van der Waals surface area (Å²) in [5.74, 6) is -1.18. The SMILES string of the molecule is COc1c(C(=O)O)ncc2c1ccn2Cc1ccc(F)cc1. The molecule has 0 bridgehead atoms. The highest BCUT2D eigenvalue weighted by Gasteiger charge is 2.17. The van der Waals surface area contributed by atoms with Crippen LogP contribution in [0.1, 0.15) is 16.1 Å². The lowest BCUT2D eigenvalue weighted by molar-refractivity contribution is 0.0687. The van der Waals surface area contributed by atoms with Gasteiger partial charge in [0.2, 0.25) is 0 Å². The van der Waals surface area contributed by atoms with Crippen LogP contribution in [0, 0.1) is 5.82 Å². The van der Waals surface area contributed by atoms with Crippen LogP contribution in [0.5, 0.6) is 5.75 Å². The number of nitrogens with zero attached hydrogens (tertiary/aromatic N) is 2. The first-order valence-electron chi connectivity index (χ1n) is 6.59. The Kier molecular flexibility index (Phi) is 3.50. The first kappa shape index (κ1) is 14.1. The van der Waals surface area contributed by atoms with E-state index in [4.69, 9.17) is 9.84 Å². The number of carboxylic acid groups (broad SMARTS) is 1. The van der Waals surface area contributed by atoms with Crippen LogP contribution in [0.3, 0.4) is 0 Å². The molecular formula is C16H13FN2O3. The average Bonchev–Trinajstić information content (AvgIpc) is 2.91. The monoisotopic (exact) mass is 300 g/mol. The molecular weight excluding hydrogens is 287 g/mol. The molecule has 0 atom stereocenters. The zero-order valence-corrected chi connectivity index (χ0v) is 11.8. The van der Waals surface area contributed by atoms with Gasteiger partial charge in [-0.2, -0.15) is 0 Å². The van der Waals surface area contributed by atoms with Gasteiger partial charge < -0.3 is 14.4 Å². The molecule has 1 N–H and O–H groups in total. The van der Waals surface area contributed by atoms with Crippen LogP contribution in [0.4, 0.5) is 4.39 Å². The molecule has 0 unspecified atom stereocenters. The summed E-state index contributed by atoms with van der Waals surface area (Å²) in [6, 6.07) is 8.01. The Morgan fingerprint density at radius 3 is 2.68 bits per heavy atom. The molecule has 112 valence electrons. The van der Waals surface area contributed by atoms with Crippen molar-refractivity contribution in [2.24, 2.45) is 0 Å². The van der Waals surface area contributed by atoms with Gasteiger partial charge >= 0.3 is 5.97 Å². The second-order valence-electron chi connectivity index (χ2n) is 4.81. The number of carbonyl (C=O) groups is 1. The Labute approximate surface area is 125 Å². The van der Waals surface area contributed by atoms with Gasteiger partial charge in [0.15, 0.2) is 11.4 Å². The zero-order chi connectivity index (χ0) is 15.7. The van der Waals surface area contributed by atoms with Crippen molar-refractivity contribution >= 4 is 16.9 Å². The molecule has 3 rings (SSSR count). The van der Waals surface area contributed by atoms with Crippen molar-refractivity contribution in [1.29, 1.82) is 0 Å². The van der Waals surface area contributed by atoms with Crippen LogP contribution in [-0.4, -0.2) is 27.7 Å². The molecule has 0 radical (unpaired) electrons. The Balaban J connectivity index is 2.05. The summed E-state index contributed by atoms with van der Waals surface area (Å²) in [5.41, 5.74) is 1.57. The van der Waals surface area contributed by atoms with E-state index in [1.54, 1.807) is 18.2 Å². The molecule has 2 heterocycles. The van der Waals surface area contributed by atoms with Crippen molar-refractivity contribution in [3.05, 3.63) is 59.8 Å². The number of methoxy groups -OCH3 is 1. The first-order valence-corrected chi connectivity index (χ1v) is 6.59. The minimum absolute atomic E-state index is 0.116. The van der Waals surface area contributed by atoms with Crippen molar-refractivity contribution in [3.8, 4) is 5.75 Å². The third-order valence-electron chi connectivity index (χ3n) is 3.46. The van der Waals surface area contributed by atoms with Crippen molar-refractivity contribution < 1.29 is 19.0 Å². The zero-order valence-electron chi connectivity index (χ0n) is 11.8. The van der Waals surface area contributed by atoms with Gasteiger partial charge in [-0.15, -0.1) is 0 Å². The highest BCUT2D eigenvalue weighted by atomic mass is 19.1. The summed E-state index contributed by atoms with van der Waals surface area (Å²) in [5, 5.41) is 9.82. The molecule has 0 fully saturated rings. The molecule has 5 nitrogen and oxygen atoms in total. The fourth-order valence-corrected chi connectivity index (χ4v) is 2.42. The number of pyridine rings is 1. The third kappa shape index (κ3) is 2.39. The number of aromatic carboxylic acids is 1. The van der Waals surface area contributed by atoms with Gasteiger partial charge in [-0.25, -0.2) is 14.2 Å². The van der Waals surface area contributed by atoms with E-state index in [1.807, 2.05) is 10.8 Å². The summed E-state index contributed by atoms with van der Waals surface area (Å²) < 4.78 is 20.0. The van der Waals surface area contributed by atoms with Crippen LogP contribution in [0.15, 0.2) is 42.7 Å². The summed E-state index contributed by atoms with van der Waals surface area (Å²) in [6.45, 7) is 0.529. The Hall–Kier alpha value is -2.89. The van der Waals surface area contributed by atoms with Crippen molar-refractivity contribution in [2.75, 3.05) is 7.11 Å². The molecule has 0 saturated carbocycles. The topological polar surface area (TPSA) is 64.3 Å². The second-order valence-corrected chi connectivity index (χ2v) is 4.81. The minimum Gasteiger partial charge on any atom is -0.493 e. The number of aromatic nitrogens is 2. The molecule has 0 aliphatic carbocycles. The van der Waals surface area contributed by atoms with Crippen molar-refractivity contribution in [2.45, 2.75) is 6.54 Å². The van der Waals surface area contributed by atoms with E-state index >= 15 is 0 Å². The number of fused-ring (bicyclic) bond motifs is 1. The van der Waals surface area contributed by atoms with Gasteiger partial charge in [-0.05, 0) is 23.8 Å². The molecule has 1 aromatic carbocycles. The highest BCUT2D eigenvalue weighted by Crippen LogP contribution is 2.29. The van der Waals surface area contributed by atoms with Crippen LogP contribution in [0.2, 0.25) is 0 Å². The number of carboxylic acids is 1. The maximum absolute atomic E-state index is 12.9. The van der Waals surface area contributed by atoms with E-state index in [2.05, 4.69) is 4.98 Å². The largest absolute Gasteiger partial charge is 0.493 e. The van der Waals surface area contributed by atoms with E-state index in [1.165, 1.54) is 25.4 Å². The van der Waals surface area contributed by atoms with Crippen LogP contribution < -0.4 is 4.74 Å². The van der Waals surface area contributed by atoms with E-state index in [-0.39, 0.29) is 17.3 Å². The fraction of sp³-hybridized carbons (Fsp3) is 0.125. The molecule has 0 saturated heterocycles. The van der Waals surface area contributed by atoms with E-state index < -0.39 is 5.97 Å². The Morgan fingerprint density at radius 1 is 1.32 bits per heavy atom. The normalized spacial score (nSPS) is 10.8. The van der Waals surface area contributed by atoms with Crippen LogP contribution in [0.25, 0.3) is 10.9 Å². The highest BCUT2D eigenvalue weighted by molar-refractivity contribution is 5.97. The number of rotatable bonds is 4. The summed E-state index contributed by atoms with van der Waals surface area (Å²) in [6.07, 6.45) is 3.33. The predicted molar refractivity (Wildman–Crippen MR) is 78.7 cm³/mol. The smallest absolute Gasteiger partial charge is 0.358 e. The summed E-state index contributed by atoms with van der Waals surface area (Å²) >= 11 is 0. The van der Waals surface area contributed by atoms with E-state index in [0.29, 0.717) is 11.9 Å². The fourth-order valence-electron chi connectivity index (χ4n) is 2.42. The van der Waals surface area contributed by atoms with Gasteiger partial charge in [-0.3, -0.25) is 0 Å². The van der Waals surface area contributed by atoms with Gasteiger partial charge in [-0.1, -0.05) is 12.1 Å². The molecule has 0 aliphatic heterocycles. The third-order valence-corrected chi connectivity index (χ3v) is 3.46. The van der Waals surface area contributed by atoms with Gasteiger partial charge in [0, 0.05) is 18.1 Å². The molecule has 0 spiro atoms. The molecule has 0 aliphatic rings. The maximum atomic E-state index is 12.9. The maximum Gasteiger partial charge on any atom is 0.358 e. The molecule has 2 aromatic heterocycles. The quantitative estimate of drug-likeness (QED) is 0.804. The van der Waals surface area contributed by atoms with E-state index in [9.17, 15) is 9.18 Å². The van der Waals surface area contributed by atoms with Gasteiger partial charge in [0.05, 0.1) is 18.8 Å². The van der Waals surface area contributed by atoms with Crippen LogP contribution in [-0.2, 0) is 6.54 Å². The summed E-state index contributed by atoms with van der Waals surface area (Å²) in [7, 11) is 1.42. The lowest BCUT2D eigenvalue weighted by atomic mass is 10.2. The number of halogens is 1. The van der Waals surface area contributed by atoms with Gasteiger partial charge in [0.25, 0.3) is 0 Å². The lowest BCUT2D eigenvalue weighted by Crippen LogP contribution is -2.05. The Bertz CT molecular complexity index is 840. The number of hydrogen-bond donors (Lipinski definition) is 1. The number of hydrogen-bond acceptors (Lipinski definition) is 3. The van der Waals surface area contributed by atoms with Crippen LogP contribution >= 0.6 is 0 Å². The minimum atomic E-state index is -1.13. The lowest BCUT2D eigenvalue weighted by Gasteiger charge is -2.08. The molecule has 22 heavy (non-hydrogen) atoms. The molecule has 0 amide bonds. The van der Waals surface area contributed by atoms with E-state index in [0.717, 1.165) is 11.1 Å². The standard InChI is InChI=1S/C16H13FN2O3/c1-22-15-12-6-7-19(9-10-2-4-11(17)5-3-10)13(12)8-18-14(15)16(20)21/h2-8H,9H2,1H3,(H,20,21). The summed E-state index contributed by atoms with van der Waals surface area (Å²) in [4.78, 5) is 15.1. The van der Waals surface area contributed by atoms with Crippen molar-refractivity contribution in [3.63, 3.8) is 0 Å². The molecule has 6 heteroatoms. The predicted octanol–water partition coefficient (Wildman–Crippen LogP) is 2.93. The second kappa shape index (κ2) is 5.48. The number of benzene rings is 1. The average molecular weight is 300 g/mol. The number of ether oxygens (including phenoxy) is 1. The van der Waals surface area contributed by atoms with Crippen molar-refractivity contribution in [1.82, 2.24) is 9.55 Å². The first-order chi connectivity index (χ1) is 10.6. The Morgan fingerprint density at radius 2 is 2.05 bits per heavy atom. The van der Waals surface area contributed by atoms with Gasteiger partial charge in [0.1, 0.15) is 5.82 Å².